The van der Waals surface area contributed by atoms with E-state index in [9.17, 15) is 9.59 Å². The van der Waals surface area contributed by atoms with E-state index in [-0.39, 0.29) is 11.8 Å². The molecule has 1 aromatic rings. The van der Waals surface area contributed by atoms with Crippen LogP contribution in [0.25, 0.3) is 0 Å². The zero-order valence-corrected chi connectivity index (χ0v) is 12.3. The fourth-order valence-electron chi connectivity index (χ4n) is 2.36. The minimum atomic E-state index is -0.165. The van der Waals surface area contributed by atoms with E-state index >= 15 is 0 Å². The van der Waals surface area contributed by atoms with Crippen molar-refractivity contribution in [2.45, 2.75) is 16.9 Å². The van der Waals surface area contributed by atoms with Gasteiger partial charge in [0.15, 0.2) is 0 Å². The number of nitrogens with zero attached hydrogens (tertiary/aromatic N) is 1. The molecule has 4 heteroatoms. The van der Waals surface area contributed by atoms with Gasteiger partial charge < -0.3 is 0 Å². The van der Waals surface area contributed by atoms with Crippen molar-refractivity contribution < 1.29 is 9.59 Å². The maximum absolute atomic E-state index is 12.3. The molecule has 0 unspecified atom stereocenters. The van der Waals surface area contributed by atoms with E-state index in [1.807, 2.05) is 42.5 Å². The molecule has 2 aliphatic rings. The summed E-state index contributed by atoms with van der Waals surface area (Å²) in [6.07, 6.45) is 4.61. The summed E-state index contributed by atoms with van der Waals surface area (Å²) in [6, 6.07) is 9.58. The van der Waals surface area contributed by atoms with Gasteiger partial charge in [0.1, 0.15) is 0 Å². The number of carbonyl (C=O) groups is 2. The average molecular weight is 365 g/mol. The van der Waals surface area contributed by atoms with Crippen LogP contribution >= 0.6 is 22.6 Å². The molecule has 0 radical (unpaired) electrons. The van der Waals surface area contributed by atoms with Crippen LogP contribution in [0.15, 0.2) is 53.6 Å². The van der Waals surface area contributed by atoms with Crippen LogP contribution in [0.5, 0.6) is 0 Å². The van der Waals surface area contributed by atoms with Crippen LogP contribution in [-0.4, -0.2) is 20.6 Å². The van der Waals surface area contributed by atoms with Gasteiger partial charge in [0.2, 0.25) is 0 Å². The highest BCUT2D eigenvalue weighted by Gasteiger charge is 2.39. The highest BCUT2D eigenvalue weighted by molar-refractivity contribution is 14.1. The van der Waals surface area contributed by atoms with E-state index in [1.54, 1.807) is 0 Å². The summed E-state index contributed by atoms with van der Waals surface area (Å²) in [5.74, 6) is -0.329. The summed E-state index contributed by atoms with van der Waals surface area (Å²) in [5.41, 5.74) is 2.12. The lowest BCUT2D eigenvalue weighted by atomic mass is 10.0. The predicted octanol–water partition coefficient (Wildman–Crippen LogP) is 2.62. The van der Waals surface area contributed by atoms with Crippen molar-refractivity contribution in [2.24, 2.45) is 0 Å². The third-order valence-electron chi connectivity index (χ3n) is 3.32. The largest absolute Gasteiger partial charge is 0.270 e. The summed E-state index contributed by atoms with van der Waals surface area (Å²) in [4.78, 5) is 25.9. The molecule has 1 heterocycles. The molecule has 0 saturated carbocycles. The molecule has 0 bridgehead atoms. The Labute approximate surface area is 125 Å². The number of amides is 2. The van der Waals surface area contributed by atoms with Crippen LogP contribution in [0.2, 0.25) is 0 Å². The van der Waals surface area contributed by atoms with E-state index in [2.05, 4.69) is 22.6 Å². The molecule has 1 aliphatic carbocycles. The van der Waals surface area contributed by atoms with Crippen molar-refractivity contribution in [3.05, 3.63) is 59.2 Å². The van der Waals surface area contributed by atoms with Gasteiger partial charge in [-0.3, -0.25) is 14.5 Å². The average Bonchev–Trinajstić information content (AvgIpc) is 2.65. The van der Waals surface area contributed by atoms with Crippen molar-refractivity contribution in [1.82, 2.24) is 4.90 Å². The Morgan fingerprint density at radius 2 is 1.79 bits per heavy atom. The van der Waals surface area contributed by atoms with Crippen LogP contribution in [0.3, 0.4) is 0 Å². The van der Waals surface area contributed by atoms with E-state index in [1.165, 1.54) is 4.90 Å². The lowest BCUT2D eigenvalue weighted by molar-refractivity contribution is -0.137. The maximum Gasteiger partial charge on any atom is 0.261 e. The Morgan fingerprint density at radius 1 is 1.11 bits per heavy atom. The number of allylic oxidation sites excluding steroid dienone is 2. The van der Waals surface area contributed by atoms with E-state index in [0.29, 0.717) is 21.6 Å². The standard InChI is InChI=1S/C15H12INO2/c16-11-6-7-12-13(8-11)15(19)17(14(12)18)9-10-4-2-1-3-5-10/h1-5,7-8,11H,6,9H2/t11-/m0/s1. The van der Waals surface area contributed by atoms with Crippen LogP contribution in [0.4, 0.5) is 0 Å². The fourth-order valence-corrected chi connectivity index (χ4v) is 2.97. The topological polar surface area (TPSA) is 37.4 Å². The Hall–Kier alpha value is -1.43. The lowest BCUT2D eigenvalue weighted by Crippen LogP contribution is -2.28. The molecule has 1 fully saturated rings. The van der Waals surface area contributed by atoms with Crippen molar-refractivity contribution in [1.29, 1.82) is 0 Å². The molecule has 3 rings (SSSR count). The maximum atomic E-state index is 12.3. The minimum Gasteiger partial charge on any atom is -0.270 e. The third kappa shape index (κ3) is 2.25. The molecule has 1 saturated heterocycles. The Kier molecular flexibility index (Phi) is 3.26. The molecule has 1 aromatic carbocycles. The predicted molar refractivity (Wildman–Crippen MR) is 80.6 cm³/mol. The molecule has 2 amide bonds. The number of carbonyl (C=O) groups excluding carboxylic acids is 2. The van der Waals surface area contributed by atoms with Crippen molar-refractivity contribution in [3.8, 4) is 0 Å². The summed E-state index contributed by atoms with van der Waals surface area (Å²) in [7, 11) is 0. The smallest absolute Gasteiger partial charge is 0.261 e. The lowest BCUT2D eigenvalue weighted by Gasteiger charge is -2.12. The second-order valence-corrected chi connectivity index (χ2v) is 6.23. The van der Waals surface area contributed by atoms with Gasteiger partial charge >= 0.3 is 0 Å². The zero-order valence-electron chi connectivity index (χ0n) is 10.2. The van der Waals surface area contributed by atoms with Gasteiger partial charge in [-0.15, -0.1) is 0 Å². The highest BCUT2D eigenvalue weighted by Crippen LogP contribution is 2.32. The number of hydrogen-bond donors (Lipinski definition) is 0. The molecule has 19 heavy (non-hydrogen) atoms. The first-order valence-corrected chi connectivity index (χ1v) is 7.38. The number of likely N-dealkylation sites (tertiary alicyclic amines) is 1. The first-order valence-electron chi connectivity index (χ1n) is 6.13. The van der Waals surface area contributed by atoms with E-state index in [0.717, 1.165) is 12.0 Å². The Morgan fingerprint density at radius 3 is 2.53 bits per heavy atom. The Bertz CT molecular complexity index is 604. The molecular weight excluding hydrogens is 353 g/mol. The number of imide groups is 1. The summed E-state index contributed by atoms with van der Waals surface area (Å²) in [5, 5.41) is 0. The van der Waals surface area contributed by atoms with Gasteiger partial charge in [0.05, 0.1) is 6.54 Å². The third-order valence-corrected chi connectivity index (χ3v) is 4.19. The molecule has 0 spiro atoms. The second-order valence-electron chi connectivity index (χ2n) is 4.63. The number of benzene rings is 1. The van der Waals surface area contributed by atoms with Gasteiger partial charge in [0.25, 0.3) is 11.8 Å². The van der Waals surface area contributed by atoms with Crippen molar-refractivity contribution in [2.75, 3.05) is 0 Å². The summed E-state index contributed by atoms with van der Waals surface area (Å²) >= 11 is 2.28. The first kappa shape index (κ1) is 12.6. The molecule has 1 atom stereocenters. The second kappa shape index (κ2) is 4.92. The van der Waals surface area contributed by atoms with Crippen LogP contribution in [0.1, 0.15) is 12.0 Å². The number of alkyl halides is 1. The minimum absolute atomic E-state index is 0.164. The van der Waals surface area contributed by atoms with Crippen LogP contribution < -0.4 is 0 Å². The van der Waals surface area contributed by atoms with Crippen molar-refractivity contribution in [3.63, 3.8) is 0 Å². The number of rotatable bonds is 2. The van der Waals surface area contributed by atoms with Gasteiger partial charge in [-0.2, -0.15) is 0 Å². The summed E-state index contributed by atoms with van der Waals surface area (Å²) < 4.78 is 0.296. The number of halogens is 1. The summed E-state index contributed by atoms with van der Waals surface area (Å²) in [6.45, 7) is 0.346. The van der Waals surface area contributed by atoms with Gasteiger partial charge in [-0.25, -0.2) is 0 Å². The fraction of sp³-hybridized carbons (Fsp3) is 0.200. The molecule has 96 valence electrons. The normalized spacial score (nSPS) is 22.2. The SMILES string of the molecule is O=C1C2=CC[C@H](I)C=C2C(=O)N1Cc1ccccc1. The monoisotopic (exact) mass is 365 g/mol. The van der Waals surface area contributed by atoms with E-state index in [4.69, 9.17) is 0 Å². The van der Waals surface area contributed by atoms with E-state index < -0.39 is 0 Å². The zero-order chi connectivity index (χ0) is 13.4. The highest BCUT2D eigenvalue weighted by atomic mass is 127. The molecule has 3 nitrogen and oxygen atoms in total. The van der Waals surface area contributed by atoms with Crippen LogP contribution in [0, 0.1) is 0 Å². The first-order chi connectivity index (χ1) is 9.16. The molecule has 0 aromatic heterocycles. The molecular formula is C15H12INO2. The van der Waals surface area contributed by atoms with Crippen molar-refractivity contribution >= 4 is 34.4 Å². The van der Waals surface area contributed by atoms with Crippen LogP contribution in [-0.2, 0) is 16.1 Å². The van der Waals surface area contributed by atoms with Gasteiger partial charge in [0, 0.05) is 15.1 Å². The molecule has 0 N–H and O–H groups in total. The Balaban J connectivity index is 1.90. The van der Waals surface area contributed by atoms with Gasteiger partial charge in [-0.05, 0) is 12.0 Å². The number of hydrogen-bond acceptors (Lipinski definition) is 2. The number of fused-ring (bicyclic) bond motifs is 1. The van der Waals surface area contributed by atoms with Gasteiger partial charge in [-0.1, -0.05) is 65.1 Å². The molecule has 1 aliphatic heterocycles. The quantitative estimate of drug-likeness (QED) is 0.459.